The molecule has 1 fully saturated rings. The maximum Gasteiger partial charge on any atom is 0.276 e. The topological polar surface area (TPSA) is 72.3 Å². The van der Waals surface area contributed by atoms with Crippen molar-refractivity contribution >= 4 is 28.7 Å². The SMILES string of the molecule is Cn1ccc(-c2cccc(C(=O)N3CCc4cc(C(=O)CC5CC5)sc4-c4ccccc43)n2)cc1=O. The van der Waals surface area contributed by atoms with Gasteiger partial charge in [-0.2, -0.15) is 0 Å². The normalized spacial score (nSPS) is 14.6. The summed E-state index contributed by atoms with van der Waals surface area (Å²) in [5, 5.41) is 0. The quantitative estimate of drug-likeness (QED) is 0.350. The molecule has 2 aliphatic rings. The first-order valence-electron chi connectivity index (χ1n) is 12.2. The molecule has 0 atom stereocenters. The Bertz CT molecular complexity index is 1560. The van der Waals surface area contributed by atoms with Gasteiger partial charge in [0.1, 0.15) is 5.69 Å². The molecule has 1 aliphatic carbocycles. The first-order valence-corrected chi connectivity index (χ1v) is 13.0. The number of Topliss-reactive ketones (excluding diaryl/α,β-unsaturated/α-hetero) is 1. The molecule has 0 saturated heterocycles. The third-order valence-electron chi connectivity index (χ3n) is 6.91. The van der Waals surface area contributed by atoms with E-state index in [1.165, 1.54) is 10.6 Å². The van der Waals surface area contributed by atoms with E-state index in [4.69, 9.17) is 0 Å². The minimum absolute atomic E-state index is 0.131. The number of ketones is 1. The molecule has 0 spiro atoms. The van der Waals surface area contributed by atoms with Gasteiger partial charge in [-0.1, -0.05) is 24.3 Å². The van der Waals surface area contributed by atoms with Gasteiger partial charge in [-0.25, -0.2) is 4.98 Å². The van der Waals surface area contributed by atoms with E-state index >= 15 is 0 Å². The van der Waals surface area contributed by atoms with Crippen LogP contribution in [0.25, 0.3) is 21.7 Å². The van der Waals surface area contributed by atoms with Gasteiger partial charge in [-0.15, -0.1) is 11.3 Å². The van der Waals surface area contributed by atoms with Crippen LogP contribution in [0.3, 0.4) is 0 Å². The van der Waals surface area contributed by atoms with Crippen molar-refractivity contribution in [1.82, 2.24) is 9.55 Å². The monoisotopic (exact) mass is 495 g/mol. The lowest BCUT2D eigenvalue weighted by atomic mass is 10.1. The lowest BCUT2D eigenvalue weighted by molar-refractivity contribution is 0.0972. The maximum atomic E-state index is 13.7. The largest absolute Gasteiger partial charge is 0.319 e. The molecule has 1 aliphatic heterocycles. The van der Waals surface area contributed by atoms with Gasteiger partial charge in [0, 0.05) is 48.3 Å². The number of rotatable bonds is 5. The van der Waals surface area contributed by atoms with Gasteiger partial charge in [0.25, 0.3) is 11.5 Å². The van der Waals surface area contributed by atoms with Gasteiger partial charge in [-0.3, -0.25) is 14.4 Å². The van der Waals surface area contributed by atoms with E-state index < -0.39 is 0 Å². The molecule has 1 amide bonds. The predicted octanol–water partition coefficient (Wildman–Crippen LogP) is 5.36. The van der Waals surface area contributed by atoms with Crippen molar-refractivity contribution in [1.29, 1.82) is 0 Å². The van der Waals surface area contributed by atoms with Gasteiger partial charge in [-0.05, 0) is 61.1 Å². The van der Waals surface area contributed by atoms with Crippen LogP contribution in [-0.4, -0.2) is 27.8 Å². The van der Waals surface area contributed by atoms with E-state index in [1.54, 1.807) is 47.7 Å². The molecule has 0 bridgehead atoms. The number of para-hydroxylation sites is 1. The summed E-state index contributed by atoms with van der Waals surface area (Å²) in [7, 11) is 1.70. The molecule has 0 radical (unpaired) electrons. The minimum atomic E-state index is -0.187. The number of hydrogen-bond acceptors (Lipinski definition) is 5. The van der Waals surface area contributed by atoms with E-state index in [9.17, 15) is 14.4 Å². The van der Waals surface area contributed by atoms with Gasteiger partial charge in [0.05, 0.1) is 16.3 Å². The van der Waals surface area contributed by atoms with E-state index in [2.05, 4.69) is 4.98 Å². The van der Waals surface area contributed by atoms with Crippen LogP contribution >= 0.6 is 11.3 Å². The van der Waals surface area contributed by atoms with Crippen LogP contribution in [0.15, 0.2) is 71.7 Å². The second-order valence-electron chi connectivity index (χ2n) is 9.53. The predicted molar refractivity (Wildman–Crippen MR) is 142 cm³/mol. The first kappa shape index (κ1) is 22.6. The zero-order valence-corrected chi connectivity index (χ0v) is 20.8. The fourth-order valence-corrected chi connectivity index (χ4v) is 5.88. The fourth-order valence-electron chi connectivity index (χ4n) is 4.69. The Morgan fingerprint density at radius 2 is 1.89 bits per heavy atom. The molecule has 6 rings (SSSR count). The highest BCUT2D eigenvalue weighted by atomic mass is 32.1. The van der Waals surface area contributed by atoms with Crippen molar-refractivity contribution in [2.24, 2.45) is 13.0 Å². The van der Waals surface area contributed by atoms with Crippen LogP contribution in [0.5, 0.6) is 0 Å². The minimum Gasteiger partial charge on any atom is -0.319 e. The van der Waals surface area contributed by atoms with Gasteiger partial charge >= 0.3 is 0 Å². The molecular formula is C29H25N3O3S. The molecule has 0 N–H and O–H groups in total. The lowest BCUT2D eigenvalue weighted by Crippen LogP contribution is -2.33. The summed E-state index contributed by atoms with van der Waals surface area (Å²) in [5.41, 5.74) is 4.36. The highest BCUT2D eigenvalue weighted by Gasteiger charge is 2.30. The molecule has 7 heteroatoms. The molecule has 180 valence electrons. The van der Waals surface area contributed by atoms with Crippen LogP contribution in [0, 0.1) is 5.92 Å². The summed E-state index contributed by atoms with van der Waals surface area (Å²) in [6.45, 7) is 0.494. The Morgan fingerprint density at radius 1 is 1.06 bits per heavy atom. The maximum absolute atomic E-state index is 13.7. The summed E-state index contributed by atoms with van der Waals surface area (Å²) in [4.78, 5) is 46.9. The summed E-state index contributed by atoms with van der Waals surface area (Å²) in [6.07, 6.45) is 5.32. The van der Waals surface area contributed by atoms with E-state index in [-0.39, 0.29) is 17.2 Å². The molecule has 4 aromatic rings. The number of nitrogens with zero attached hydrogens (tertiary/aromatic N) is 3. The fraction of sp³-hybridized carbons (Fsp3) is 0.241. The molecule has 36 heavy (non-hydrogen) atoms. The zero-order valence-electron chi connectivity index (χ0n) is 19.9. The summed E-state index contributed by atoms with van der Waals surface area (Å²) < 4.78 is 1.50. The first-order chi connectivity index (χ1) is 17.5. The molecular weight excluding hydrogens is 470 g/mol. The third kappa shape index (κ3) is 4.20. The lowest BCUT2D eigenvalue weighted by Gasteiger charge is -2.23. The Hall–Kier alpha value is -3.84. The number of amides is 1. The van der Waals surface area contributed by atoms with Crippen molar-refractivity contribution in [3.8, 4) is 21.7 Å². The second kappa shape index (κ2) is 8.99. The number of aromatic nitrogens is 2. The van der Waals surface area contributed by atoms with Gasteiger partial charge in [0.2, 0.25) is 0 Å². The second-order valence-corrected chi connectivity index (χ2v) is 10.6. The number of carbonyl (C=O) groups excluding carboxylic acids is 2. The zero-order chi connectivity index (χ0) is 24.8. The Kier molecular flexibility index (Phi) is 5.64. The Balaban J connectivity index is 1.34. The number of hydrogen-bond donors (Lipinski definition) is 0. The molecule has 1 saturated carbocycles. The van der Waals surface area contributed by atoms with Crippen LogP contribution in [0.4, 0.5) is 5.69 Å². The number of aryl methyl sites for hydroxylation is 1. The van der Waals surface area contributed by atoms with Crippen LogP contribution in [-0.2, 0) is 13.5 Å². The van der Waals surface area contributed by atoms with Gasteiger partial charge < -0.3 is 9.47 Å². The van der Waals surface area contributed by atoms with Crippen LogP contribution in [0.2, 0.25) is 0 Å². The summed E-state index contributed by atoms with van der Waals surface area (Å²) >= 11 is 1.55. The average molecular weight is 496 g/mol. The van der Waals surface area contributed by atoms with Crippen molar-refractivity contribution < 1.29 is 9.59 Å². The molecule has 4 heterocycles. The molecule has 6 nitrogen and oxygen atoms in total. The van der Waals surface area contributed by atoms with E-state index in [0.717, 1.165) is 39.4 Å². The highest BCUT2D eigenvalue weighted by molar-refractivity contribution is 7.17. The standard InChI is InChI=1S/C29H25N3O3S/c1-31-13-11-19(17-27(31)34)22-6-4-7-23(30-22)29(35)32-14-12-20-16-26(25(33)15-18-9-10-18)36-28(20)21-5-2-3-8-24(21)32/h2-8,11,13,16-18H,9-10,12,14-15H2,1H3. The van der Waals surface area contributed by atoms with Crippen LogP contribution < -0.4 is 10.5 Å². The van der Waals surface area contributed by atoms with Crippen molar-refractivity contribution in [2.45, 2.75) is 25.7 Å². The van der Waals surface area contributed by atoms with Gasteiger partial charge in [0.15, 0.2) is 5.78 Å². The summed E-state index contributed by atoms with van der Waals surface area (Å²) in [6, 6.07) is 18.6. The molecule has 1 aromatic carbocycles. The number of fused-ring (bicyclic) bond motifs is 3. The average Bonchev–Trinajstić information content (AvgIpc) is 3.64. The van der Waals surface area contributed by atoms with Crippen LogP contribution in [0.1, 0.15) is 45.0 Å². The van der Waals surface area contributed by atoms with E-state index in [0.29, 0.717) is 42.3 Å². The van der Waals surface area contributed by atoms with E-state index in [1.807, 2.05) is 36.4 Å². The number of benzene rings is 1. The Labute approximate surface area is 212 Å². The van der Waals surface area contributed by atoms with Crippen molar-refractivity contribution in [3.63, 3.8) is 0 Å². The Morgan fingerprint density at radius 3 is 2.69 bits per heavy atom. The summed E-state index contributed by atoms with van der Waals surface area (Å²) in [5.74, 6) is 0.605. The number of thiophene rings is 1. The molecule has 0 unspecified atom stereocenters. The number of carbonyl (C=O) groups is 2. The number of anilines is 1. The van der Waals surface area contributed by atoms with Crippen molar-refractivity contribution in [3.05, 3.63) is 93.3 Å². The van der Waals surface area contributed by atoms with Crippen molar-refractivity contribution in [2.75, 3.05) is 11.4 Å². The smallest absolute Gasteiger partial charge is 0.276 e. The highest BCUT2D eigenvalue weighted by Crippen LogP contribution is 2.43. The number of pyridine rings is 2. The third-order valence-corrected chi connectivity index (χ3v) is 8.16. The molecule has 3 aromatic heterocycles.